The van der Waals surface area contributed by atoms with Gasteiger partial charge in [0.2, 0.25) is 0 Å². The molecule has 2 aliphatic heterocycles. The number of ether oxygens (including phenoxy) is 2. The third-order valence-electron chi connectivity index (χ3n) is 4.45. The second-order valence-electron chi connectivity index (χ2n) is 6.00. The van der Waals surface area contributed by atoms with Crippen LogP contribution in [0.25, 0.3) is 0 Å². The number of carbonyl (C=O) groups excluding carboxylic acids is 1. The summed E-state index contributed by atoms with van der Waals surface area (Å²) in [4.78, 5) is 14.5. The molecule has 120 valence electrons. The molecular weight excluding hydrogens is 280 g/mol. The number of hydrogen-bond acceptors (Lipinski definition) is 4. The average Bonchev–Trinajstić information content (AvgIpc) is 3.23. The van der Waals surface area contributed by atoms with E-state index in [4.69, 9.17) is 15.2 Å². The number of rotatable bonds is 5. The minimum Gasteiger partial charge on any atom is -0.491 e. The first-order valence-electron chi connectivity index (χ1n) is 8.13. The zero-order valence-electron chi connectivity index (χ0n) is 12.9. The first-order chi connectivity index (χ1) is 10.8. The van der Waals surface area contributed by atoms with Crippen molar-refractivity contribution in [1.82, 2.24) is 4.90 Å². The number of hydrogen-bond donors (Lipinski definition) is 1. The number of likely N-dealkylation sites (tertiary alicyclic amines) is 1. The van der Waals surface area contributed by atoms with Crippen LogP contribution in [0.1, 0.15) is 36.0 Å². The molecule has 0 radical (unpaired) electrons. The third-order valence-corrected chi connectivity index (χ3v) is 4.45. The van der Waals surface area contributed by atoms with Crippen LogP contribution in [-0.4, -0.2) is 49.3 Å². The molecule has 1 aromatic rings. The standard InChI is InChI=1S/C17H24N2O3/c18-11-14-5-2-8-19(14)17(20)13-4-1-6-15(10-13)22-12-16-7-3-9-21-16/h1,4,6,10,14,16H,2-3,5,7-9,11-12,18H2. The molecule has 0 aromatic heterocycles. The molecule has 0 spiro atoms. The summed E-state index contributed by atoms with van der Waals surface area (Å²) in [5.74, 6) is 0.778. The Hall–Kier alpha value is -1.59. The first-order valence-corrected chi connectivity index (χ1v) is 8.13. The van der Waals surface area contributed by atoms with Crippen LogP contribution in [0.2, 0.25) is 0 Å². The van der Waals surface area contributed by atoms with Crippen molar-refractivity contribution in [2.24, 2.45) is 5.73 Å². The van der Waals surface area contributed by atoms with Gasteiger partial charge in [-0.05, 0) is 43.9 Å². The van der Waals surface area contributed by atoms with Crippen LogP contribution in [0, 0.1) is 0 Å². The molecular formula is C17H24N2O3. The number of carbonyl (C=O) groups is 1. The van der Waals surface area contributed by atoms with Gasteiger partial charge in [0, 0.05) is 31.3 Å². The fourth-order valence-corrected chi connectivity index (χ4v) is 3.20. The van der Waals surface area contributed by atoms with Crippen LogP contribution in [0.15, 0.2) is 24.3 Å². The number of nitrogens with two attached hydrogens (primary N) is 1. The molecule has 2 heterocycles. The van der Waals surface area contributed by atoms with Gasteiger partial charge in [0.25, 0.3) is 5.91 Å². The van der Waals surface area contributed by atoms with Crippen molar-refractivity contribution in [3.05, 3.63) is 29.8 Å². The molecule has 22 heavy (non-hydrogen) atoms. The van der Waals surface area contributed by atoms with Crippen LogP contribution < -0.4 is 10.5 Å². The summed E-state index contributed by atoms with van der Waals surface area (Å²) >= 11 is 0. The highest BCUT2D eigenvalue weighted by atomic mass is 16.5. The Kier molecular flexibility index (Phi) is 4.95. The van der Waals surface area contributed by atoms with Crippen molar-refractivity contribution in [2.45, 2.75) is 37.8 Å². The maximum Gasteiger partial charge on any atom is 0.254 e. The lowest BCUT2D eigenvalue weighted by atomic mass is 10.1. The maximum absolute atomic E-state index is 12.6. The zero-order chi connectivity index (χ0) is 15.4. The molecule has 2 unspecified atom stereocenters. The highest BCUT2D eigenvalue weighted by molar-refractivity contribution is 5.95. The topological polar surface area (TPSA) is 64.8 Å². The highest BCUT2D eigenvalue weighted by Gasteiger charge is 2.28. The van der Waals surface area contributed by atoms with Gasteiger partial charge in [-0.2, -0.15) is 0 Å². The Bertz CT molecular complexity index is 514. The van der Waals surface area contributed by atoms with Crippen LogP contribution in [0.4, 0.5) is 0 Å². The fourth-order valence-electron chi connectivity index (χ4n) is 3.20. The van der Waals surface area contributed by atoms with E-state index >= 15 is 0 Å². The summed E-state index contributed by atoms with van der Waals surface area (Å²) in [7, 11) is 0. The Morgan fingerprint density at radius 2 is 2.27 bits per heavy atom. The van der Waals surface area contributed by atoms with E-state index in [1.807, 2.05) is 29.2 Å². The largest absolute Gasteiger partial charge is 0.491 e. The van der Waals surface area contributed by atoms with Crippen molar-refractivity contribution in [3.8, 4) is 5.75 Å². The molecule has 2 aliphatic rings. The lowest BCUT2D eigenvalue weighted by molar-refractivity contribution is 0.0677. The van der Waals surface area contributed by atoms with E-state index < -0.39 is 0 Å². The Morgan fingerprint density at radius 1 is 1.36 bits per heavy atom. The van der Waals surface area contributed by atoms with Gasteiger partial charge in [-0.1, -0.05) is 6.07 Å². The van der Waals surface area contributed by atoms with Crippen LogP contribution in [0.3, 0.4) is 0 Å². The quantitative estimate of drug-likeness (QED) is 0.901. The molecule has 0 aliphatic carbocycles. The van der Waals surface area contributed by atoms with Crippen molar-refractivity contribution >= 4 is 5.91 Å². The van der Waals surface area contributed by atoms with Gasteiger partial charge in [0.15, 0.2) is 0 Å². The molecule has 0 bridgehead atoms. The first kappa shape index (κ1) is 15.3. The Morgan fingerprint density at radius 3 is 3.05 bits per heavy atom. The van der Waals surface area contributed by atoms with Gasteiger partial charge < -0.3 is 20.1 Å². The van der Waals surface area contributed by atoms with Crippen LogP contribution in [0.5, 0.6) is 5.75 Å². The van der Waals surface area contributed by atoms with Gasteiger partial charge in [-0.25, -0.2) is 0 Å². The highest BCUT2D eigenvalue weighted by Crippen LogP contribution is 2.22. The Balaban J connectivity index is 1.63. The third kappa shape index (κ3) is 3.42. The molecule has 3 rings (SSSR count). The molecule has 1 amide bonds. The minimum atomic E-state index is 0.0514. The SMILES string of the molecule is NCC1CCCN1C(=O)c1cccc(OCC2CCCO2)c1. The van der Waals surface area contributed by atoms with Crippen molar-refractivity contribution in [1.29, 1.82) is 0 Å². The van der Waals surface area contributed by atoms with E-state index in [1.54, 1.807) is 0 Å². The second-order valence-corrected chi connectivity index (χ2v) is 6.00. The smallest absolute Gasteiger partial charge is 0.254 e. The van der Waals surface area contributed by atoms with Crippen molar-refractivity contribution in [2.75, 3.05) is 26.3 Å². The number of benzene rings is 1. The summed E-state index contributed by atoms with van der Waals surface area (Å²) in [6.45, 7) is 2.69. The van der Waals surface area contributed by atoms with Gasteiger partial charge in [0.1, 0.15) is 12.4 Å². The zero-order valence-corrected chi connectivity index (χ0v) is 12.9. The molecule has 2 N–H and O–H groups in total. The van der Waals surface area contributed by atoms with Gasteiger partial charge >= 0.3 is 0 Å². The predicted molar refractivity (Wildman–Crippen MR) is 84.0 cm³/mol. The van der Waals surface area contributed by atoms with Gasteiger partial charge in [0.05, 0.1) is 6.10 Å². The van der Waals surface area contributed by atoms with E-state index in [0.29, 0.717) is 18.7 Å². The van der Waals surface area contributed by atoms with E-state index in [1.165, 1.54) is 0 Å². The molecule has 2 fully saturated rings. The molecule has 1 aromatic carbocycles. The second kappa shape index (κ2) is 7.11. The molecule has 5 nitrogen and oxygen atoms in total. The number of amides is 1. The van der Waals surface area contributed by atoms with E-state index in [9.17, 15) is 4.79 Å². The fraction of sp³-hybridized carbons (Fsp3) is 0.588. The van der Waals surface area contributed by atoms with Gasteiger partial charge in [-0.15, -0.1) is 0 Å². The van der Waals surface area contributed by atoms with Crippen molar-refractivity contribution in [3.63, 3.8) is 0 Å². The maximum atomic E-state index is 12.6. The summed E-state index contributed by atoms with van der Waals surface area (Å²) in [6.07, 6.45) is 4.35. The predicted octanol–water partition coefficient (Wildman–Crippen LogP) is 1.81. The van der Waals surface area contributed by atoms with Crippen molar-refractivity contribution < 1.29 is 14.3 Å². The number of nitrogens with zero attached hydrogens (tertiary/aromatic N) is 1. The van der Waals surface area contributed by atoms with Gasteiger partial charge in [-0.3, -0.25) is 4.79 Å². The summed E-state index contributed by atoms with van der Waals surface area (Å²) in [5.41, 5.74) is 6.43. The van der Waals surface area contributed by atoms with Crippen LogP contribution in [-0.2, 0) is 4.74 Å². The summed E-state index contributed by atoms with van der Waals surface area (Å²) in [6, 6.07) is 7.59. The minimum absolute atomic E-state index is 0.0514. The molecule has 2 saturated heterocycles. The average molecular weight is 304 g/mol. The normalized spacial score (nSPS) is 24.7. The lowest BCUT2D eigenvalue weighted by Crippen LogP contribution is -2.39. The van der Waals surface area contributed by atoms with E-state index in [-0.39, 0.29) is 18.1 Å². The van der Waals surface area contributed by atoms with E-state index in [2.05, 4.69) is 0 Å². The van der Waals surface area contributed by atoms with E-state index in [0.717, 1.165) is 44.6 Å². The van der Waals surface area contributed by atoms with Crippen LogP contribution >= 0.6 is 0 Å². The monoisotopic (exact) mass is 304 g/mol. The summed E-state index contributed by atoms with van der Waals surface area (Å²) in [5, 5.41) is 0. The summed E-state index contributed by atoms with van der Waals surface area (Å²) < 4.78 is 11.3. The Labute approximate surface area is 131 Å². The lowest BCUT2D eigenvalue weighted by Gasteiger charge is -2.23. The molecule has 0 saturated carbocycles. The molecule has 5 heteroatoms. The molecule has 2 atom stereocenters.